The summed E-state index contributed by atoms with van der Waals surface area (Å²) in [6.45, 7) is 4.07. The number of thiophene rings is 1. The van der Waals surface area contributed by atoms with Crippen molar-refractivity contribution in [3.8, 4) is 0 Å². The van der Waals surface area contributed by atoms with E-state index in [9.17, 15) is 9.59 Å². The minimum atomic E-state index is -1.04. The summed E-state index contributed by atoms with van der Waals surface area (Å²) >= 11 is 7.25. The SMILES string of the molecule is CC(C(=O)N1CC(C(=O)O)O[C@H](C)C1)c1ccc(Cl)s1. The summed E-state index contributed by atoms with van der Waals surface area (Å²) in [7, 11) is 0. The molecule has 0 spiro atoms. The number of morpholine rings is 1. The van der Waals surface area contributed by atoms with Gasteiger partial charge in [0.1, 0.15) is 0 Å². The van der Waals surface area contributed by atoms with Gasteiger partial charge in [0.25, 0.3) is 0 Å². The van der Waals surface area contributed by atoms with Crippen molar-refractivity contribution in [1.29, 1.82) is 0 Å². The third kappa shape index (κ3) is 3.31. The predicted octanol–water partition coefficient (Wildman–Crippen LogP) is 2.21. The molecule has 0 aromatic carbocycles. The Morgan fingerprint density at radius 1 is 1.50 bits per heavy atom. The van der Waals surface area contributed by atoms with E-state index >= 15 is 0 Å². The fourth-order valence-electron chi connectivity index (χ4n) is 2.22. The van der Waals surface area contributed by atoms with Crippen molar-refractivity contribution in [2.45, 2.75) is 32.0 Å². The molecule has 1 N–H and O–H groups in total. The maximum atomic E-state index is 12.5. The summed E-state index contributed by atoms with van der Waals surface area (Å²) in [6.07, 6.45) is -1.24. The molecule has 0 saturated carbocycles. The van der Waals surface area contributed by atoms with E-state index < -0.39 is 12.1 Å². The lowest BCUT2D eigenvalue weighted by Gasteiger charge is -2.36. The lowest BCUT2D eigenvalue weighted by Crippen LogP contribution is -2.52. The van der Waals surface area contributed by atoms with Gasteiger partial charge >= 0.3 is 5.97 Å². The normalized spacial score (nSPS) is 24.4. The van der Waals surface area contributed by atoms with Gasteiger partial charge in [-0.25, -0.2) is 4.79 Å². The van der Waals surface area contributed by atoms with Crippen molar-refractivity contribution < 1.29 is 19.4 Å². The summed E-state index contributed by atoms with van der Waals surface area (Å²) in [5.74, 6) is -1.46. The number of nitrogens with zero attached hydrogens (tertiary/aromatic N) is 1. The molecule has 0 bridgehead atoms. The molecule has 7 heteroatoms. The van der Waals surface area contributed by atoms with Crippen LogP contribution in [0.15, 0.2) is 12.1 Å². The second-order valence-corrected chi connectivity index (χ2v) is 6.63. The van der Waals surface area contributed by atoms with Crippen molar-refractivity contribution in [3.63, 3.8) is 0 Å². The molecule has 2 heterocycles. The van der Waals surface area contributed by atoms with E-state index in [0.29, 0.717) is 10.9 Å². The van der Waals surface area contributed by atoms with Gasteiger partial charge in [-0.1, -0.05) is 11.6 Å². The molecular weight excluding hydrogens is 302 g/mol. The van der Waals surface area contributed by atoms with Crippen molar-refractivity contribution in [2.24, 2.45) is 0 Å². The Kier molecular flexibility index (Phi) is 4.67. The Bertz CT molecular complexity index is 518. The minimum Gasteiger partial charge on any atom is -0.479 e. The van der Waals surface area contributed by atoms with Gasteiger partial charge in [-0.2, -0.15) is 0 Å². The average Bonchev–Trinajstić information content (AvgIpc) is 2.83. The summed E-state index contributed by atoms with van der Waals surface area (Å²) in [4.78, 5) is 25.9. The summed E-state index contributed by atoms with van der Waals surface area (Å²) in [5.41, 5.74) is 0. The molecule has 1 aliphatic heterocycles. The molecule has 2 rings (SSSR count). The van der Waals surface area contributed by atoms with E-state index in [0.717, 1.165) is 4.88 Å². The summed E-state index contributed by atoms with van der Waals surface area (Å²) < 4.78 is 5.94. The molecular formula is C13H16ClNO4S. The highest BCUT2D eigenvalue weighted by molar-refractivity contribution is 7.16. The zero-order valence-electron chi connectivity index (χ0n) is 11.2. The number of halogens is 1. The van der Waals surface area contributed by atoms with E-state index in [-0.39, 0.29) is 24.5 Å². The smallest absolute Gasteiger partial charge is 0.334 e. The van der Waals surface area contributed by atoms with Crippen LogP contribution < -0.4 is 0 Å². The van der Waals surface area contributed by atoms with Crippen LogP contribution in [-0.2, 0) is 14.3 Å². The van der Waals surface area contributed by atoms with Gasteiger partial charge in [-0.3, -0.25) is 4.79 Å². The molecule has 1 aromatic rings. The minimum absolute atomic E-state index is 0.0853. The topological polar surface area (TPSA) is 66.8 Å². The highest BCUT2D eigenvalue weighted by Gasteiger charge is 2.34. The Morgan fingerprint density at radius 2 is 2.20 bits per heavy atom. The van der Waals surface area contributed by atoms with Crippen molar-refractivity contribution in [3.05, 3.63) is 21.3 Å². The Morgan fingerprint density at radius 3 is 2.75 bits per heavy atom. The van der Waals surface area contributed by atoms with Gasteiger partial charge in [-0.15, -0.1) is 11.3 Å². The van der Waals surface area contributed by atoms with Crippen LogP contribution in [0.5, 0.6) is 0 Å². The standard InChI is InChI=1S/C13H16ClNO4S/c1-7-5-15(6-9(19-7)13(17)18)12(16)8(2)10-3-4-11(14)20-10/h3-4,7-9H,5-6H2,1-2H3,(H,17,18)/t7-,8?,9?/m1/s1. The van der Waals surface area contributed by atoms with Gasteiger partial charge in [0.2, 0.25) is 5.91 Å². The fraction of sp³-hybridized carbons (Fsp3) is 0.538. The van der Waals surface area contributed by atoms with Crippen LogP contribution in [0.3, 0.4) is 0 Å². The molecule has 1 aromatic heterocycles. The molecule has 110 valence electrons. The highest BCUT2D eigenvalue weighted by Crippen LogP contribution is 2.29. The first-order valence-electron chi connectivity index (χ1n) is 6.30. The van der Waals surface area contributed by atoms with Crippen LogP contribution in [0.4, 0.5) is 0 Å². The Balaban J connectivity index is 2.09. The number of ether oxygens (including phenoxy) is 1. The number of aliphatic carboxylic acids is 1. The largest absolute Gasteiger partial charge is 0.479 e. The van der Waals surface area contributed by atoms with Crippen LogP contribution in [0.1, 0.15) is 24.6 Å². The van der Waals surface area contributed by atoms with Crippen LogP contribution in [0, 0.1) is 0 Å². The first-order valence-corrected chi connectivity index (χ1v) is 7.50. The van der Waals surface area contributed by atoms with E-state index in [1.807, 2.05) is 6.07 Å². The zero-order chi connectivity index (χ0) is 14.9. The van der Waals surface area contributed by atoms with E-state index in [1.165, 1.54) is 11.3 Å². The third-order valence-corrected chi connectivity index (χ3v) is 4.65. The summed E-state index contributed by atoms with van der Waals surface area (Å²) in [6, 6.07) is 3.58. The fourth-order valence-corrected chi connectivity index (χ4v) is 3.33. The van der Waals surface area contributed by atoms with Crippen LogP contribution >= 0.6 is 22.9 Å². The lowest BCUT2D eigenvalue weighted by atomic mass is 10.1. The third-order valence-electron chi connectivity index (χ3n) is 3.24. The number of carboxylic acid groups (broad SMARTS) is 1. The van der Waals surface area contributed by atoms with Crippen LogP contribution in [-0.4, -0.2) is 47.2 Å². The molecule has 5 nitrogen and oxygen atoms in total. The number of carboxylic acids is 1. The van der Waals surface area contributed by atoms with Gasteiger partial charge in [0, 0.05) is 11.4 Å². The molecule has 1 aliphatic rings. The van der Waals surface area contributed by atoms with Crippen LogP contribution in [0.2, 0.25) is 4.34 Å². The maximum Gasteiger partial charge on any atom is 0.334 e. The lowest BCUT2D eigenvalue weighted by molar-refractivity contribution is -0.166. The molecule has 3 atom stereocenters. The molecule has 0 aliphatic carbocycles. The second-order valence-electron chi connectivity index (χ2n) is 4.88. The number of amides is 1. The molecule has 1 amide bonds. The average molecular weight is 318 g/mol. The van der Waals surface area contributed by atoms with Crippen LogP contribution in [0.25, 0.3) is 0 Å². The zero-order valence-corrected chi connectivity index (χ0v) is 12.8. The van der Waals surface area contributed by atoms with Gasteiger partial charge < -0.3 is 14.7 Å². The van der Waals surface area contributed by atoms with Gasteiger partial charge in [-0.05, 0) is 26.0 Å². The van der Waals surface area contributed by atoms with Crippen molar-refractivity contribution in [2.75, 3.05) is 13.1 Å². The monoisotopic (exact) mass is 317 g/mol. The first kappa shape index (κ1) is 15.3. The summed E-state index contributed by atoms with van der Waals surface area (Å²) in [5, 5.41) is 9.04. The molecule has 1 saturated heterocycles. The number of carbonyl (C=O) groups excluding carboxylic acids is 1. The molecule has 2 unspecified atom stereocenters. The van der Waals surface area contributed by atoms with Crippen molar-refractivity contribution >= 4 is 34.8 Å². The molecule has 1 fully saturated rings. The molecule has 20 heavy (non-hydrogen) atoms. The number of carbonyl (C=O) groups is 2. The quantitative estimate of drug-likeness (QED) is 0.928. The maximum absolute atomic E-state index is 12.5. The second kappa shape index (κ2) is 6.11. The number of rotatable bonds is 3. The van der Waals surface area contributed by atoms with Gasteiger partial charge in [0.05, 0.1) is 22.9 Å². The highest BCUT2D eigenvalue weighted by atomic mass is 35.5. The Labute approximate surface area is 126 Å². The first-order chi connectivity index (χ1) is 9.38. The predicted molar refractivity (Wildman–Crippen MR) is 76.3 cm³/mol. The van der Waals surface area contributed by atoms with Crippen molar-refractivity contribution in [1.82, 2.24) is 4.90 Å². The van der Waals surface area contributed by atoms with E-state index in [4.69, 9.17) is 21.4 Å². The number of hydrogen-bond acceptors (Lipinski definition) is 4. The Hall–Kier alpha value is -1.11. The van der Waals surface area contributed by atoms with E-state index in [2.05, 4.69) is 0 Å². The molecule has 0 radical (unpaired) electrons. The van der Waals surface area contributed by atoms with Gasteiger partial charge in [0.15, 0.2) is 6.10 Å². The van der Waals surface area contributed by atoms with E-state index in [1.54, 1.807) is 24.8 Å². The number of hydrogen-bond donors (Lipinski definition) is 1.